The van der Waals surface area contributed by atoms with E-state index in [1.54, 1.807) is 19.9 Å². The summed E-state index contributed by atoms with van der Waals surface area (Å²) in [5.74, 6) is 0. The number of allylic oxidation sites excluding steroid dienone is 5. The van der Waals surface area contributed by atoms with Gasteiger partial charge in [-0.2, -0.15) is 0 Å². The van der Waals surface area contributed by atoms with Crippen LogP contribution in [0.1, 0.15) is 13.8 Å². The summed E-state index contributed by atoms with van der Waals surface area (Å²) in [5.41, 5.74) is -0.0984. The zero-order chi connectivity index (χ0) is 10.3. The number of rotatable bonds is 4. The Labute approximate surface area is 76.4 Å². The maximum atomic E-state index is 10.5. The fraction of sp³-hybridized carbons (Fsp3) is 0.222. The second kappa shape index (κ2) is 5.88. The van der Waals surface area contributed by atoms with Gasteiger partial charge in [0.05, 0.1) is 10.5 Å². The molecular formula is C9H11NO3. The van der Waals surface area contributed by atoms with Gasteiger partial charge in [0.15, 0.2) is 6.29 Å². The van der Waals surface area contributed by atoms with E-state index >= 15 is 0 Å². The van der Waals surface area contributed by atoms with Crippen molar-refractivity contribution in [2.45, 2.75) is 13.8 Å². The van der Waals surface area contributed by atoms with Crippen molar-refractivity contribution in [3.8, 4) is 0 Å². The van der Waals surface area contributed by atoms with Gasteiger partial charge in [-0.1, -0.05) is 18.2 Å². The smallest absolute Gasteiger partial charge is 0.279 e. The zero-order valence-corrected chi connectivity index (χ0v) is 7.56. The van der Waals surface area contributed by atoms with Crippen molar-refractivity contribution in [2.75, 3.05) is 0 Å². The molecule has 0 aromatic rings. The van der Waals surface area contributed by atoms with Gasteiger partial charge in [0.2, 0.25) is 0 Å². The summed E-state index contributed by atoms with van der Waals surface area (Å²) < 4.78 is 0. The number of hydrogen-bond acceptors (Lipinski definition) is 3. The molecule has 0 bridgehead atoms. The van der Waals surface area contributed by atoms with Crippen molar-refractivity contribution in [2.24, 2.45) is 0 Å². The lowest BCUT2D eigenvalue weighted by Gasteiger charge is -1.93. The Hall–Kier alpha value is -1.71. The van der Waals surface area contributed by atoms with E-state index in [1.165, 1.54) is 18.2 Å². The monoisotopic (exact) mass is 181 g/mol. The minimum atomic E-state index is -0.580. The molecule has 0 aromatic heterocycles. The van der Waals surface area contributed by atoms with Gasteiger partial charge in [-0.15, -0.1) is 0 Å². The van der Waals surface area contributed by atoms with Crippen LogP contribution in [0, 0.1) is 10.1 Å². The Balaban J connectivity index is 5.02. The van der Waals surface area contributed by atoms with E-state index in [-0.39, 0.29) is 11.3 Å². The second-order valence-electron chi connectivity index (χ2n) is 2.20. The predicted molar refractivity (Wildman–Crippen MR) is 49.7 cm³/mol. The van der Waals surface area contributed by atoms with Crippen molar-refractivity contribution < 1.29 is 9.72 Å². The average Bonchev–Trinajstić information content (AvgIpc) is 2.11. The van der Waals surface area contributed by atoms with Crippen LogP contribution < -0.4 is 0 Å². The normalized spacial score (nSPS) is 13.4. The van der Waals surface area contributed by atoms with E-state index in [0.717, 1.165) is 0 Å². The Bertz CT molecular complexity index is 287. The molecule has 0 unspecified atom stereocenters. The average molecular weight is 181 g/mol. The molecule has 0 amide bonds. The fourth-order valence-electron chi connectivity index (χ4n) is 0.726. The molecule has 0 radical (unpaired) electrons. The van der Waals surface area contributed by atoms with Crippen LogP contribution in [-0.4, -0.2) is 11.2 Å². The highest BCUT2D eigenvalue weighted by atomic mass is 16.6. The van der Waals surface area contributed by atoms with E-state index in [4.69, 9.17) is 0 Å². The standard InChI is InChI=1S/C9H11NO3/c1-3-5-6-9(10(12)13)8(4-2)7-11/h3-7H,1-2H3/b5-3-,8-4-,9-6+. The topological polar surface area (TPSA) is 60.2 Å². The first-order valence-electron chi connectivity index (χ1n) is 3.76. The molecule has 0 heterocycles. The highest BCUT2D eigenvalue weighted by Crippen LogP contribution is 2.07. The van der Waals surface area contributed by atoms with Crippen molar-refractivity contribution in [3.05, 3.63) is 45.7 Å². The third-order valence-electron chi connectivity index (χ3n) is 1.38. The SMILES string of the molecule is C\C=C/C=C(\C(C=O)=C/C)[N+](=O)[O-]. The zero-order valence-electron chi connectivity index (χ0n) is 7.56. The number of hydrogen-bond donors (Lipinski definition) is 0. The first kappa shape index (κ1) is 11.3. The predicted octanol–water partition coefficient (Wildman–Crippen LogP) is 1.87. The molecule has 0 saturated carbocycles. The highest BCUT2D eigenvalue weighted by Gasteiger charge is 2.13. The summed E-state index contributed by atoms with van der Waals surface area (Å²) in [5, 5.41) is 10.5. The van der Waals surface area contributed by atoms with E-state index in [2.05, 4.69) is 0 Å². The lowest BCUT2D eigenvalue weighted by atomic mass is 10.2. The van der Waals surface area contributed by atoms with E-state index < -0.39 is 4.92 Å². The van der Waals surface area contributed by atoms with E-state index in [9.17, 15) is 14.9 Å². The van der Waals surface area contributed by atoms with Crippen LogP contribution in [-0.2, 0) is 4.79 Å². The van der Waals surface area contributed by atoms with Crippen LogP contribution in [0.3, 0.4) is 0 Å². The van der Waals surface area contributed by atoms with Gasteiger partial charge >= 0.3 is 0 Å². The number of nitrogens with zero attached hydrogens (tertiary/aromatic N) is 1. The molecule has 0 aromatic carbocycles. The van der Waals surface area contributed by atoms with E-state index in [0.29, 0.717) is 6.29 Å². The molecule has 0 aliphatic carbocycles. The van der Waals surface area contributed by atoms with Crippen LogP contribution in [0.4, 0.5) is 0 Å². The molecule has 0 aliphatic rings. The molecule has 70 valence electrons. The summed E-state index contributed by atoms with van der Waals surface area (Å²) in [7, 11) is 0. The van der Waals surface area contributed by atoms with Gasteiger partial charge in [-0.25, -0.2) is 0 Å². The van der Waals surface area contributed by atoms with Crippen LogP contribution in [0.25, 0.3) is 0 Å². The lowest BCUT2D eigenvalue weighted by molar-refractivity contribution is -0.420. The van der Waals surface area contributed by atoms with Gasteiger partial charge in [0, 0.05) is 6.08 Å². The first-order chi connectivity index (χ1) is 6.17. The highest BCUT2D eigenvalue weighted by molar-refractivity contribution is 5.78. The van der Waals surface area contributed by atoms with E-state index in [1.807, 2.05) is 0 Å². The Morgan fingerprint density at radius 2 is 2.00 bits per heavy atom. The lowest BCUT2D eigenvalue weighted by Crippen LogP contribution is -2.02. The minimum absolute atomic E-state index is 0.0862. The number of nitro groups is 1. The number of carbonyl (C=O) groups excluding carboxylic acids is 1. The third kappa shape index (κ3) is 3.46. The van der Waals surface area contributed by atoms with Crippen LogP contribution in [0.2, 0.25) is 0 Å². The summed E-state index contributed by atoms with van der Waals surface area (Å²) in [4.78, 5) is 20.3. The molecule has 0 atom stereocenters. The second-order valence-corrected chi connectivity index (χ2v) is 2.20. The van der Waals surface area contributed by atoms with Gasteiger partial charge in [0.25, 0.3) is 5.70 Å². The van der Waals surface area contributed by atoms with Crippen LogP contribution >= 0.6 is 0 Å². The first-order valence-corrected chi connectivity index (χ1v) is 3.76. The fourth-order valence-corrected chi connectivity index (χ4v) is 0.726. The Morgan fingerprint density at radius 3 is 2.31 bits per heavy atom. The summed E-state index contributed by atoms with van der Waals surface area (Å²) in [6, 6.07) is 0. The van der Waals surface area contributed by atoms with Crippen LogP contribution in [0.5, 0.6) is 0 Å². The van der Waals surface area contributed by atoms with Crippen molar-refractivity contribution in [1.82, 2.24) is 0 Å². The van der Waals surface area contributed by atoms with Crippen molar-refractivity contribution >= 4 is 6.29 Å². The molecule has 0 saturated heterocycles. The quantitative estimate of drug-likeness (QED) is 0.219. The molecule has 0 N–H and O–H groups in total. The summed E-state index contributed by atoms with van der Waals surface area (Å²) in [6.45, 7) is 3.32. The minimum Gasteiger partial charge on any atom is -0.298 e. The van der Waals surface area contributed by atoms with Crippen LogP contribution in [0.15, 0.2) is 35.6 Å². The largest absolute Gasteiger partial charge is 0.298 e. The molecule has 4 nitrogen and oxygen atoms in total. The molecule has 0 fully saturated rings. The van der Waals surface area contributed by atoms with Crippen molar-refractivity contribution in [3.63, 3.8) is 0 Å². The van der Waals surface area contributed by atoms with Gasteiger partial charge in [-0.3, -0.25) is 14.9 Å². The van der Waals surface area contributed by atoms with Crippen molar-refractivity contribution in [1.29, 1.82) is 0 Å². The van der Waals surface area contributed by atoms with Gasteiger partial charge in [0.1, 0.15) is 0 Å². The maximum absolute atomic E-state index is 10.5. The molecule has 0 spiro atoms. The molecule has 0 aliphatic heterocycles. The molecule has 4 heteroatoms. The Kier molecular flexibility index (Phi) is 5.11. The summed E-state index contributed by atoms with van der Waals surface area (Å²) in [6.07, 6.45) is 6.35. The molecule has 0 rings (SSSR count). The summed E-state index contributed by atoms with van der Waals surface area (Å²) >= 11 is 0. The Morgan fingerprint density at radius 1 is 1.38 bits per heavy atom. The number of carbonyl (C=O) groups is 1. The maximum Gasteiger partial charge on any atom is 0.279 e. The molecule has 13 heavy (non-hydrogen) atoms. The third-order valence-corrected chi connectivity index (χ3v) is 1.38. The van der Waals surface area contributed by atoms with Gasteiger partial charge < -0.3 is 0 Å². The number of aldehydes is 1. The van der Waals surface area contributed by atoms with Gasteiger partial charge in [-0.05, 0) is 13.8 Å². The molecular weight excluding hydrogens is 170 g/mol.